The van der Waals surface area contributed by atoms with E-state index in [0.29, 0.717) is 25.4 Å². The van der Waals surface area contributed by atoms with Crippen LogP contribution < -0.4 is 10.1 Å². The molecule has 1 aliphatic rings. The Bertz CT molecular complexity index is 775. The quantitative estimate of drug-likeness (QED) is 0.819. The Morgan fingerprint density at radius 1 is 1.38 bits per heavy atom. The number of carbonyl (C=O) groups is 2. The molecule has 7 nitrogen and oxygen atoms in total. The number of halogens is 1. The van der Waals surface area contributed by atoms with Gasteiger partial charge in [0.05, 0.1) is 17.9 Å². The average molecular weight is 360 g/mol. The zero-order chi connectivity index (χ0) is 18.5. The van der Waals surface area contributed by atoms with Crippen molar-refractivity contribution in [3.8, 4) is 5.75 Å². The zero-order valence-corrected chi connectivity index (χ0v) is 14.5. The summed E-state index contributed by atoms with van der Waals surface area (Å²) in [5.74, 6) is 0.135. The van der Waals surface area contributed by atoms with Crippen molar-refractivity contribution in [3.63, 3.8) is 0 Å². The Labute approximate surface area is 150 Å². The van der Waals surface area contributed by atoms with Gasteiger partial charge in [0.2, 0.25) is 11.8 Å². The molecule has 1 fully saturated rings. The second-order valence-electron chi connectivity index (χ2n) is 6.30. The van der Waals surface area contributed by atoms with Crippen LogP contribution in [0.1, 0.15) is 30.7 Å². The molecule has 1 aromatic heterocycles. The fourth-order valence-corrected chi connectivity index (χ4v) is 2.89. The molecule has 26 heavy (non-hydrogen) atoms. The minimum Gasteiger partial charge on any atom is -0.487 e. The molecule has 3 rings (SSSR count). The monoisotopic (exact) mass is 360 g/mol. The smallest absolute Gasteiger partial charge is 0.241 e. The topological polar surface area (TPSA) is 87.3 Å². The predicted octanol–water partition coefficient (Wildman–Crippen LogP) is 1.58. The maximum absolute atomic E-state index is 12.9. The largest absolute Gasteiger partial charge is 0.487 e. The number of H-pyrrole nitrogens is 1. The van der Waals surface area contributed by atoms with Crippen LogP contribution in [-0.2, 0) is 16.2 Å². The van der Waals surface area contributed by atoms with E-state index in [1.165, 1.54) is 19.1 Å². The van der Waals surface area contributed by atoms with Crippen molar-refractivity contribution in [2.75, 3.05) is 19.6 Å². The van der Waals surface area contributed by atoms with Crippen LogP contribution in [0.25, 0.3) is 0 Å². The fourth-order valence-electron chi connectivity index (χ4n) is 2.89. The van der Waals surface area contributed by atoms with E-state index in [9.17, 15) is 14.0 Å². The number of likely N-dealkylation sites (tertiary alicyclic amines) is 1. The van der Waals surface area contributed by atoms with E-state index in [4.69, 9.17) is 4.74 Å². The van der Waals surface area contributed by atoms with E-state index in [1.807, 2.05) is 6.07 Å². The molecule has 8 heteroatoms. The van der Waals surface area contributed by atoms with Gasteiger partial charge in [-0.2, -0.15) is 5.10 Å². The number of carbonyl (C=O) groups excluding carboxylic acids is 2. The van der Waals surface area contributed by atoms with Gasteiger partial charge < -0.3 is 15.0 Å². The maximum Gasteiger partial charge on any atom is 0.241 e. The third-order valence-corrected chi connectivity index (χ3v) is 4.31. The number of benzene rings is 1. The number of aromatic amines is 1. The molecule has 2 N–H and O–H groups in total. The van der Waals surface area contributed by atoms with Crippen molar-refractivity contribution in [2.24, 2.45) is 0 Å². The lowest BCUT2D eigenvalue weighted by atomic mass is 10.1. The van der Waals surface area contributed by atoms with E-state index in [1.54, 1.807) is 17.0 Å². The highest BCUT2D eigenvalue weighted by Crippen LogP contribution is 2.26. The summed E-state index contributed by atoms with van der Waals surface area (Å²) in [6, 6.07) is 7.76. The number of nitrogens with zero attached hydrogens (tertiary/aromatic N) is 2. The van der Waals surface area contributed by atoms with Crippen LogP contribution in [0.3, 0.4) is 0 Å². The molecule has 1 unspecified atom stereocenters. The molecule has 2 amide bonds. The summed E-state index contributed by atoms with van der Waals surface area (Å²) in [6.45, 7) is 2.95. The van der Waals surface area contributed by atoms with E-state index in [2.05, 4.69) is 15.5 Å². The molecule has 0 saturated carbocycles. The van der Waals surface area contributed by atoms with Crippen molar-refractivity contribution in [3.05, 3.63) is 47.5 Å². The van der Waals surface area contributed by atoms with Gasteiger partial charge in [0, 0.05) is 25.9 Å². The average Bonchev–Trinajstić information content (AvgIpc) is 3.28. The molecule has 0 bridgehead atoms. The Balaban J connectivity index is 1.51. The molecule has 0 radical (unpaired) electrons. The maximum atomic E-state index is 12.9. The summed E-state index contributed by atoms with van der Waals surface area (Å²) in [5.41, 5.74) is 1.70. The molecule has 1 aromatic carbocycles. The Morgan fingerprint density at radius 2 is 2.15 bits per heavy atom. The lowest BCUT2D eigenvalue weighted by Gasteiger charge is -2.16. The van der Waals surface area contributed by atoms with Crippen molar-refractivity contribution >= 4 is 11.8 Å². The standard InChI is InChI=1S/C18H21FN4O3/c1-12(24)20-9-18(25)23-7-6-13(10-23)17-8-15(21-22-17)11-26-16-4-2-14(19)3-5-16/h2-5,8,13H,6-7,9-11H2,1H3,(H,20,24)(H,21,22). The highest BCUT2D eigenvalue weighted by molar-refractivity contribution is 5.83. The molecule has 0 aliphatic carbocycles. The molecule has 2 heterocycles. The van der Waals surface area contributed by atoms with Crippen molar-refractivity contribution < 1.29 is 18.7 Å². The van der Waals surface area contributed by atoms with E-state index in [0.717, 1.165) is 17.8 Å². The van der Waals surface area contributed by atoms with Gasteiger partial charge in [0.15, 0.2) is 0 Å². The SMILES string of the molecule is CC(=O)NCC(=O)N1CCC(c2cc(COc3ccc(F)cc3)[nH]n2)C1. The molecule has 0 spiro atoms. The number of rotatable bonds is 6. The van der Waals surface area contributed by atoms with Gasteiger partial charge in [-0.05, 0) is 36.8 Å². The minimum atomic E-state index is -0.306. The van der Waals surface area contributed by atoms with Gasteiger partial charge in [-0.15, -0.1) is 0 Å². The van der Waals surface area contributed by atoms with Crippen LogP contribution >= 0.6 is 0 Å². The number of ether oxygens (including phenoxy) is 1. The molecular weight excluding hydrogens is 339 g/mol. The van der Waals surface area contributed by atoms with E-state index in [-0.39, 0.29) is 30.1 Å². The minimum absolute atomic E-state index is 0.0272. The normalized spacial score (nSPS) is 16.5. The first-order valence-corrected chi connectivity index (χ1v) is 8.46. The van der Waals surface area contributed by atoms with Gasteiger partial charge >= 0.3 is 0 Å². The van der Waals surface area contributed by atoms with Crippen LogP contribution in [-0.4, -0.2) is 46.5 Å². The number of amides is 2. The van der Waals surface area contributed by atoms with Crippen LogP contribution in [0.4, 0.5) is 4.39 Å². The second-order valence-corrected chi connectivity index (χ2v) is 6.30. The van der Waals surface area contributed by atoms with Crippen LogP contribution in [0, 0.1) is 5.82 Å². The first-order valence-electron chi connectivity index (χ1n) is 8.46. The molecule has 1 aliphatic heterocycles. The third kappa shape index (κ3) is 4.59. The van der Waals surface area contributed by atoms with Crippen LogP contribution in [0.2, 0.25) is 0 Å². The Kier molecular flexibility index (Phi) is 5.50. The number of nitrogens with one attached hydrogen (secondary N) is 2. The first kappa shape index (κ1) is 17.9. The van der Waals surface area contributed by atoms with E-state index >= 15 is 0 Å². The highest BCUT2D eigenvalue weighted by atomic mass is 19.1. The van der Waals surface area contributed by atoms with Gasteiger partial charge in [0.1, 0.15) is 18.2 Å². The summed E-state index contributed by atoms with van der Waals surface area (Å²) in [7, 11) is 0. The van der Waals surface area contributed by atoms with Gasteiger partial charge in [-0.25, -0.2) is 4.39 Å². The molecule has 1 saturated heterocycles. The van der Waals surface area contributed by atoms with Gasteiger partial charge in [0.25, 0.3) is 0 Å². The zero-order valence-electron chi connectivity index (χ0n) is 14.5. The van der Waals surface area contributed by atoms with Crippen LogP contribution in [0.5, 0.6) is 5.75 Å². The van der Waals surface area contributed by atoms with E-state index < -0.39 is 0 Å². The Morgan fingerprint density at radius 3 is 2.88 bits per heavy atom. The molecule has 138 valence electrons. The highest BCUT2D eigenvalue weighted by Gasteiger charge is 2.28. The Hall–Kier alpha value is -2.90. The number of aromatic nitrogens is 2. The fraction of sp³-hybridized carbons (Fsp3) is 0.389. The summed E-state index contributed by atoms with van der Waals surface area (Å²) in [6.07, 6.45) is 0.828. The first-order chi connectivity index (χ1) is 12.5. The lowest BCUT2D eigenvalue weighted by Crippen LogP contribution is -2.38. The summed E-state index contributed by atoms with van der Waals surface area (Å²) >= 11 is 0. The lowest BCUT2D eigenvalue weighted by molar-refractivity contribution is -0.131. The van der Waals surface area contributed by atoms with Crippen LogP contribution in [0.15, 0.2) is 30.3 Å². The number of hydrogen-bond acceptors (Lipinski definition) is 4. The molecule has 2 aromatic rings. The third-order valence-electron chi connectivity index (χ3n) is 4.31. The van der Waals surface area contributed by atoms with Gasteiger partial charge in [-0.3, -0.25) is 14.7 Å². The second kappa shape index (κ2) is 7.99. The van der Waals surface area contributed by atoms with Crippen molar-refractivity contribution in [1.29, 1.82) is 0 Å². The number of hydrogen-bond donors (Lipinski definition) is 2. The van der Waals surface area contributed by atoms with Crippen molar-refractivity contribution in [2.45, 2.75) is 25.9 Å². The summed E-state index contributed by atoms with van der Waals surface area (Å²) in [4.78, 5) is 24.7. The molecular formula is C18H21FN4O3. The van der Waals surface area contributed by atoms with Crippen molar-refractivity contribution in [1.82, 2.24) is 20.4 Å². The summed E-state index contributed by atoms with van der Waals surface area (Å²) < 4.78 is 18.5. The molecule has 1 atom stereocenters. The summed E-state index contributed by atoms with van der Waals surface area (Å²) in [5, 5.41) is 9.78. The van der Waals surface area contributed by atoms with Gasteiger partial charge in [-0.1, -0.05) is 0 Å². The predicted molar refractivity (Wildman–Crippen MR) is 91.9 cm³/mol.